The summed E-state index contributed by atoms with van der Waals surface area (Å²) in [6, 6.07) is 10.0. The van der Waals surface area contributed by atoms with E-state index >= 15 is 0 Å². The van der Waals surface area contributed by atoms with Crippen LogP contribution in [0.2, 0.25) is 0 Å². The SMILES string of the molecule is C1CCNCC1.Cn1cc(-c2ccc(-c3ccc4ncc5c([nH]c(=O)n5C)c4c3)cn2)cn1. The van der Waals surface area contributed by atoms with Crippen molar-refractivity contribution in [3.63, 3.8) is 0 Å². The minimum absolute atomic E-state index is 0.146. The highest BCUT2D eigenvalue weighted by Gasteiger charge is 2.10. The maximum atomic E-state index is 12.0. The highest BCUT2D eigenvalue weighted by atomic mass is 16.1. The average Bonchev–Trinajstić information content (AvgIpc) is 3.43. The van der Waals surface area contributed by atoms with Gasteiger partial charge in [0.15, 0.2) is 0 Å². The molecule has 8 nitrogen and oxygen atoms in total. The second-order valence-corrected chi connectivity index (χ2v) is 8.38. The fourth-order valence-electron chi connectivity index (χ4n) is 4.14. The Labute approximate surface area is 191 Å². The summed E-state index contributed by atoms with van der Waals surface area (Å²) in [6.07, 6.45) is 11.5. The molecular weight excluding hydrogens is 414 g/mol. The zero-order valence-electron chi connectivity index (χ0n) is 18.9. The van der Waals surface area contributed by atoms with Crippen LogP contribution in [0.15, 0.2) is 59.9 Å². The topological polar surface area (TPSA) is 93.4 Å². The van der Waals surface area contributed by atoms with E-state index in [9.17, 15) is 4.79 Å². The summed E-state index contributed by atoms with van der Waals surface area (Å²) in [5, 5.41) is 8.39. The third-order valence-electron chi connectivity index (χ3n) is 6.05. The second-order valence-electron chi connectivity index (χ2n) is 8.38. The molecule has 33 heavy (non-hydrogen) atoms. The van der Waals surface area contributed by atoms with Crippen molar-refractivity contribution < 1.29 is 0 Å². The number of hydrogen-bond acceptors (Lipinski definition) is 5. The lowest BCUT2D eigenvalue weighted by Gasteiger charge is -2.08. The number of H-pyrrole nitrogens is 1. The van der Waals surface area contributed by atoms with Crippen molar-refractivity contribution in [1.29, 1.82) is 0 Å². The van der Waals surface area contributed by atoms with Crippen molar-refractivity contribution in [2.75, 3.05) is 13.1 Å². The first-order valence-corrected chi connectivity index (χ1v) is 11.2. The average molecular weight is 442 g/mol. The van der Waals surface area contributed by atoms with Crippen molar-refractivity contribution in [2.24, 2.45) is 14.1 Å². The number of aromatic amines is 1. The van der Waals surface area contributed by atoms with E-state index in [1.807, 2.05) is 49.8 Å². The Bertz CT molecular complexity index is 1440. The third kappa shape index (κ3) is 4.29. The van der Waals surface area contributed by atoms with Gasteiger partial charge in [0.05, 0.1) is 34.6 Å². The van der Waals surface area contributed by atoms with E-state index in [0.717, 1.165) is 44.3 Å². The molecule has 0 saturated carbocycles. The molecule has 5 heterocycles. The normalized spacial score (nSPS) is 13.8. The van der Waals surface area contributed by atoms with E-state index in [4.69, 9.17) is 0 Å². The van der Waals surface area contributed by atoms with E-state index in [1.54, 1.807) is 28.7 Å². The molecule has 168 valence electrons. The maximum absolute atomic E-state index is 12.0. The Balaban J connectivity index is 0.000000332. The lowest BCUT2D eigenvalue weighted by Crippen LogP contribution is -2.21. The van der Waals surface area contributed by atoms with Crippen LogP contribution in [-0.4, -0.2) is 42.4 Å². The summed E-state index contributed by atoms with van der Waals surface area (Å²) < 4.78 is 3.33. The van der Waals surface area contributed by atoms with Gasteiger partial charge in [-0.25, -0.2) is 4.79 Å². The molecule has 1 aliphatic rings. The monoisotopic (exact) mass is 441 g/mol. The Morgan fingerprint density at radius 1 is 0.879 bits per heavy atom. The minimum atomic E-state index is -0.146. The van der Waals surface area contributed by atoms with Gasteiger partial charge in [0.1, 0.15) is 0 Å². The third-order valence-corrected chi connectivity index (χ3v) is 6.05. The highest BCUT2D eigenvalue weighted by Crippen LogP contribution is 2.28. The van der Waals surface area contributed by atoms with E-state index in [0.29, 0.717) is 0 Å². The van der Waals surface area contributed by atoms with Gasteiger partial charge in [-0.2, -0.15) is 5.10 Å². The standard InChI is InChI=1S/C20H16N6O.C5H11N/c1-25-11-14(9-23-25)16-5-4-13(8-21-16)12-3-6-17-15(7-12)19-18(10-22-17)26(2)20(27)24-19;1-2-4-6-5-3-1/h3-11H,1-2H3,(H,24,27);6H,1-5H2. The molecular formula is C25H27N7O. The van der Waals surface area contributed by atoms with Gasteiger partial charge in [0.25, 0.3) is 0 Å². The highest BCUT2D eigenvalue weighted by molar-refractivity contribution is 6.03. The largest absolute Gasteiger partial charge is 0.326 e. The molecule has 1 aliphatic heterocycles. The molecule has 0 aliphatic carbocycles. The molecule has 0 radical (unpaired) electrons. The summed E-state index contributed by atoms with van der Waals surface area (Å²) in [4.78, 5) is 23.9. The number of rotatable bonds is 2. The van der Waals surface area contributed by atoms with Crippen LogP contribution in [-0.2, 0) is 14.1 Å². The molecule has 0 amide bonds. The van der Waals surface area contributed by atoms with Crippen molar-refractivity contribution in [3.05, 3.63) is 65.6 Å². The van der Waals surface area contributed by atoms with Crippen LogP contribution in [0.1, 0.15) is 19.3 Å². The van der Waals surface area contributed by atoms with Gasteiger partial charge in [0.2, 0.25) is 0 Å². The van der Waals surface area contributed by atoms with E-state index in [1.165, 1.54) is 32.4 Å². The molecule has 1 fully saturated rings. The van der Waals surface area contributed by atoms with Crippen molar-refractivity contribution >= 4 is 21.9 Å². The van der Waals surface area contributed by atoms with Crippen molar-refractivity contribution in [1.82, 2.24) is 34.6 Å². The van der Waals surface area contributed by atoms with Crippen LogP contribution in [0.5, 0.6) is 0 Å². The van der Waals surface area contributed by atoms with Crippen LogP contribution in [0.3, 0.4) is 0 Å². The van der Waals surface area contributed by atoms with E-state index in [2.05, 4.69) is 25.4 Å². The Hall–Kier alpha value is -3.78. The summed E-state index contributed by atoms with van der Waals surface area (Å²) in [6.45, 7) is 2.50. The zero-order chi connectivity index (χ0) is 22.8. The van der Waals surface area contributed by atoms with Crippen LogP contribution in [0.4, 0.5) is 0 Å². The molecule has 2 N–H and O–H groups in total. The van der Waals surface area contributed by atoms with Gasteiger partial charge in [-0.05, 0) is 49.7 Å². The Kier molecular flexibility index (Phi) is 5.75. The van der Waals surface area contributed by atoms with Gasteiger partial charge in [0, 0.05) is 43.0 Å². The van der Waals surface area contributed by atoms with E-state index in [-0.39, 0.29) is 5.69 Å². The van der Waals surface area contributed by atoms with Crippen LogP contribution < -0.4 is 11.0 Å². The van der Waals surface area contributed by atoms with Crippen LogP contribution in [0.25, 0.3) is 44.3 Å². The summed E-state index contributed by atoms with van der Waals surface area (Å²) in [5.74, 6) is 0. The van der Waals surface area contributed by atoms with Gasteiger partial charge in [-0.1, -0.05) is 18.6 Å². The zero-order valence-corrected chi connectivity index (χ0v) is 18.9. The number of imidazole rings is 1. The number of hydrogen-bond donors (Lipinski definition) is 2. The number of fused-ring (bicyclic) bond motifs is 3. The van der Waals surface area contributed by atoms with E-state index < -0.39 is 0 Å². The number of aryl methyl sites for hydroxylation is 2. The molecule has 8 heteroatoms. The molecule has 5 aromatic rings. The smallest absolute Gasteiger partial charge is 0.317 e. The van der Waals surface area contributed by atoms with Gasteiger partial charge in [-0.3, -0.25) is 19.2 Å². The second kappa shape index (κ2) is 8.99. The number of nitrogens with zero attached hydrogens (tertiary/aromatic N) is 5. The quantitative estimate of drug-likeness (QED) is 0.436. The fraction of sp³-hybridized carbons (Fsp3) is 0.280. The summed E-state index contributed by atoms with van der Waals surface area (Å²) >= 11 is 0. The molecule has 6 rings (SSSR count). The minimum Gasteiger partial charge on any atom is -0.317 e. The number of nitrogens with one attached hydrogen (secondary N) is 2. The lowest BCUT2D eigenvalue weighted by atomic mass is 10.0. The number of aromatic nitrogens is 6. The fourth-order valence-corrected chi connectivity index (χ4v) is 4.14. The molecule has 0 bridgehead atoms. The molecule has 1 aromatic carbocycles. The molecule has 0 spiro atoms. The van der Waals surface area contributed by atoms with Crippen molar-refractivity contribution in [3.8, 4) is 22.4 Å². The first-order chi connectivity index (χ1) is 16.1. The summed E-state index contributed by atoms with van der Waals surface area (Å²) in [7, 11) is 3.62. The molecule has 4 aromatic heterocycles. The molecule has 0 atom stereocenters. The Morgan fingerprint density at radius 2 is 1.70 bits per heavy atom. The number of piperidine rings is 1. The predicted molar refractivity (Wildman–Crippen MR) is 131 cm³/mol. The van der Waals surface area contributed by atoms with Gasteiger partial charge >= 0.3 is 5.69 Å². The number of benzene rings is 1. The van der Waals surface area contributed by atoms with Crippen molar-refractivity contribution in [2.45, 2.75) is 19.3 Å². The lowest BCUT2D eigenvalue weighted by molar-refractivity contribution is 0.520. The molecule has 1 saturated heterocycles. The van der Waals surface area contributed by atoms with Crippen LogP contribution >= 0.6 is 0 Å². The van der Waals surface area contributed by atoms with Crippen LogP contribution in [0, 0.1) is 0 Å². The maximum Gasteiger partial charge on any atom is 0.326 e. The first kappa shape index (κ1) is 21.1. The first-order valence-electron chi connectivity index (χ1n) is 11.2. The van der Waals surface area contributed by atoms with Gasteiger partial charge in [-0.15, -0.1) is 0 Å². The Morgan fingerprint density at radius 3 is 2.33 bits per heavy atom. The predicted octanol–water partition coefficient (Wildman–Crippen LogP) is 3.64. The van der Waals surface area contributed by atoms with Gasteiger partial charge < -0.3 is 10.3 Å². The summed E-state index contributed by atoms with van der Waals surface area (Å²) in [5.41, 5.74) is 6.16. The molecule has 0 unspecified atom stereocenters. The number of pyridine rings is 2.